The number of carbonyl (C=O) groups excluding carboxylic acids is 1. The van der Waals surface area contributed by atoms with Gasteiger partial charge in [0.15, 0.2) is 5.69 Å². The van der Waals surface area contributed by atoms with Crippen molar-refractivity contribution in [2.75, 3.05) is 6.54 Å². The first-order valence-electron chi connectivity index (χ1n) is 6.84. The molecule has 1 aliphatic carbocycles. The summed E-state index contributed by atoms with van der Waals surface area (Å²) >= 11 is 0. The first-order valence-corrected chi connectivity index (χ1v) is 6.84. The minimum Gasteiger partial charge on any atom is -0.476 e. The molecule has 2 amide bonds. The maximum atomic E-state index is 11.6. The van der Waals surface area contributed by atoms with Crippen LogP contribution in [0.15, 0.2) is 12.5 Å². The van der Waals surface area contributed by atoms with Crippen LogP contribution < -0.4 is 10.6 Å². The molecule has 7 heteroatoms. The van der Waals surface area contributed by atoms with Gasteiger partial charge in [0.2, 0.25) is 0 Å². The molecule has 1 unspecified atom stereocenters. The lowest BCUT2D eigenvalue weighted by Gasteiger charge is -2.14. The highest BCUT2D eigenvalue weighted by molar-refractivity contribution is 5.84. The van der Waals surface area contributed by atoms with Crippen molar-refractivity contribution in [3.05, 3.63) is 18.2 Å². The highest BCUT2D eigenvalue weighted by atomic mass is 16.4. The van der Waals surface area contributed by atoms with E-state index in [4.69, 9.17) is 5.11 Å². The van der Waals surface area contributed by atoms with Crippen LogP contribution in [0.4, 0.5) is 4.79 Å². The van der Waals surface area contributed by atoms with E-state index in [1.54, 1.807) is 4.57 Å². The maximum absolute atomic E-state index is 11.6. The summed E-state index contributed by atoms with van der Waals surface area (Å²) < 4.78 is 1.64. The first kappa shape index (κ1) is 14.4. The van der Waals surface area contributed by atoms with E-state index in [1.807, 2.05) is 6.92 Å². The molecule has 110 valence electrons. The monoisotopic (exact) mass is 280 g/mol. The van der Waals surface area contributed by atoms with Crippen LogP contribution in [0.25, 0.3) is 0 Å². The number of carboxylic acids is 1. The Morgan fingerprint density at radius 1 is 1.55 bits per heavy atom. The van der Waals surface area contributed by atoms with E-state index < -0.39 is 5.97 Å². The number of aromatic nitrogens is 2. The number of nitrogens with one attached hydrogen (secondary N) is 2. The SMILES string of the molecule is CC(CC1CC1)NC(=O)NCCn1cnc(C(=O)O)c1. The van der Waals surface area contributed by atoms with Crippen LogP contribution in [0.3, 0.4) is 0 Å². The van der Waals surface area contributed by atoms with E-state index in [1.165, 1.54) is 25.4 Å². The van der Waals surface area contributed by atoms with Crippen molar-refractivity contribution >= 4 is 12.0 Å². The topological polar surface area (TPSA) is 96.3 Å². The van der Waals surface area contributed by atoms with Gasteiger partial charge >= 0.3 is 12.0 Å². The summed E-state index contributed by atoms with van der Waals surface area (Å²) in [7, 11) is 0. The van der Waals surface area contributed by atoms with Crippen LogP contribution in [-0.2, 0) is 6.54 Å². The molecule has 0 saturated heterocycles. The van der Waals surface area contributed by atoms with Gasteiger partial charge in [-0.3, -0.25) is 0 Å². The number of urea groups is 1. The number of carbonyl (C=O) groups is 2. The van der Waals surface area contributed by atoms with Crippen molar-refractivity contribution < 1.29 is 14.7 Å². The normalized spacial score (nSPS) is 15.7. The molecule has 0 spiro atoms. The number of imidazole rings is 1. The Labute approximate surface area is 117 Å². The van der Waals surface area contributed by atoms with Crippen LogP contribution in [0.1, 0.15) is 36.7 Å². The van der Waals surface area contributed by atoms with E-state index in [-0.39, 0.29) is 17.8 Å². The van der Waals surface area contributed by atoms with Gasteiger partial charge < -0.3 is 20.3 Å². The fourth-order valence-corrected chi connectivity index (χ4v) is 2.08. The zero-order chi connectivity index (χ0) is 14.5. The van der Waals surface area contributed by atoms with Crippen LogP contribution >= 0.6 is 0 Å². The average Bonchev–Trinajstić information content (AvgIpc) is 3.04. The first-order chi connectivity index (χ1) is 9.54. The number of nitrogens with zero attached hydrogens (tertiary/aromatic N) is 2. The Kier molecular flexibility index (Phi) is 4.60. The summed E-state index contributed by atoms with van der Waals surface area (Å²) in [6.45, 7) is 2.93. The third-order valence-corrected chi connectivity index (χ3v) is 3.27. The molecule has 0 radical (unpaired) electrons. The minimum absolute atomic E-state index is 0.00695. The van der Waals surface area contributed by atoms with Gasteiger partial charge in [-0.25, -0.2) is 14.6 Å². The second-order valence-corrected chi connectivity index (χ2v) is 5.28. The predicted octanol–water partition coefficient (Wildman–Crippen LogP) is 1.07. The van der Waals surface area contributed by atoms with Crippen molar-refractivity contribution in [1.82, 2.24) is 20.2 Å². The number of hydrogen-bond donors (Lipinski definition) is 3. The quantitative estimate of drug-likeness (QED) is 0.696. The minimum atomic E-state index is -1.05. The second kappa shape index (κ2) is 6.40. The van der Waals surface area contributed by atoms with Crippen LogP contribution in [0.2, 0.25) is 0 Å². The predicted molar refractivity (Wildman–Crippen MR) is 72.5 cm³/mol. The standard InChI is InChI=1S/C13H20N4O3/c1-9(6-10-2-3-10)16-13(20)14-4-5-17-7-11(12(18)19)15-8-17/h7-10H,2-6H2,1H3,(H,18,19)(H2,14,16,20). The molecule has 1 aliphatic rings. The molecular weight excluding hydrogens is 260 g/mol. The molecule has 0 aliphatic heterocycles. The van der Waals surface area contributed by atoms with Gasteiger partial charge in [-0.15, -0.1) is 0 Å². The summed E-state index contributed by atoms with van der Waals surface area (Å²) in [5.41, 5.74) is 0.00695. The molecule has 1 saturated carbocycles. The van der Waals surface area contributed by atoms with Crippen LogP contribution in [0, 0.1) is 5.92 Å². The second-order valence-electron chi connectivity index (χ2n) is 5.28. The summed E-state index contributed by atoms with van der Waals surface area (Å²) in [5.74, 6) is -0.269. The molecule has 1 aromatic rings. The van der Waals surface area contributed by atoms with Crippen molar-refractivity contribution in [2.45, 2.75) is 38.8 Å². The lowest BCUT2D eigenvalue weighted by Crippen LogP contribution is -2.42. The van der Waals surface area contributed by atoms with Crippen LogP contribution in [-0.4, -0.2) is 39.2 Å². The van der Waals surface area contributed by atoms with Gasteiger partial charge in [-0.05, 0) is 19.3 Å². The molecule has 1 atom stereocenters. The number of amides is 2. The highest BCUT2D eigenvalue weighted by Crippen LogP contribution is 2.33. The fourth-order valence-electron chi connectivity index (χ4n) is 2.08. The van der Waals surface area contributed by atoms with Crippen molar-refractivity contribution in [1.29, 1.82) is 0 Å². The number of hydrogen-bond acceptors (Lipinski definition) is 3. The summed E-state index contributed by atoms with van der Waals surface area (Å²) in [6.07, 6.45) is 6.48. The Morgan fingerprint density at radius 2 is 2.30 bits per heavy atom. The molecule has 20 heavy (non-hydrogen) atoms. The Balaban J connectivity index is 1.63. The van der Waals surface area contributed by atoms with E-state index in [9.17, 15) is 9.59 Å². The van der Waals surface area contributed by atoms with Gasteiger partial charge in [-0.1, -0.05) is 12.8 Å². The number of aromatic carboxylic acids is 1. The van der Waals surface area contributed by atoms with Crippen molar-refractivity contribution in [3.63, 3.8) is 0 Å². The zero-order valence-electron chi connectivity index (χ0n) is 11.5. The molecule has 0 aromatic carbocycles. The molecule has 1 heterocycles. The molecule has 1 fully saturated rings. The zero-order valence-corrected chi connectivity index (χ0v) is 11.5. The molecule has 2 rings (SSSR count). The van der Waals surface area contributed by atoms with Gasteiger partial charge in [0, 0.05) is 25.3 Å². The summed E-state index contributed by atoms with van der Waals surface area (Å²) in [4.78, 5) is 26.0. The summed E-state index contributed by atoms with van der Waals surface area (Å²) in [6, 6.07) is 0.00563. The fraction of sp³-hybridized carbons (Fsp3) is 0.615. The lowest BCUT2D eigenvalue weighted by atomic mass is 10.2. The summed E-state index contributed by atoms with van der Waals surface area (Å²) in [5, 5.41) is 14.4. The number of rotatable bonds is 7. The van der Waals surface area contributed by atoms with Crippen molar-refractivity contribution in [2.24, 2.45) is 5.92 Å². The molecule has 3 N–H and O–H groups in total. The highest BCUT2D eigenvalue weighted by Gasteiger charge is 2.24. The van der Waals surface area contributed by atoms with Crippen LogP contribution in [0.5, 0.6) is 0 Å². The van der Waals surface area contributed by atoms with Gasteiger partial charge in [0.25, 0.3) is 0 Å². The van der Waals surface area contributed by atoms with Crippen molar-refractivity contribution in [3.8, 4) is 0 Å². The smallest absolute Gasteiger partial charge is 0.356 e. The molecule has 1 aromatic heterocycles. The van der Waals surface area contributed by atoms with E-state index in [0.29, 0.717) is 13.1 Å². The van der Waals surface area contributed by atoms with Gasteiger partial charge in [-0.2, -0.15) is 0 Å². The molecule has 7 nitrogen and oxygen atoms in total. The largest absolute Gasteiger partial charge is 0.476 e. The lowest BCUT2D eigenvalue weighted by molar-refractivity contribution is 0.0691. The third-order valence-electron chi connectivity index (χ3n) is 3.27. The third kappa shape index (κ3) is 4.56. The van der Waals surface area contributed by atoms with E-state index >= 15 is 0 Å². The Morgan fingerprint density at radius 3 is 2.90 bits per heavy atom. The molecule has 0 bridgehead atoms. The Hall–Kier alpha value is -2.05. The average molecular weight is 280 g/mol. The Bertz CT molecular complexity index is 482. The molecular formula is C13H20N4O3. The van der Waals surface area contributed by atoms with Gasteiger partial charge in [0.05, 0.1) is 6.33 Å². The van der Waals surface area contributed by atoms with E-state index in [0.717, 1.165) is 12.3 Å². The maximum Gasteiger partial charge on any atom is 0.356 e. The number of carboxylic acid groups (broad SMARTS) is 1. The van der Waals surface area contributed by atoms with E-state index in [2.05, 4.69) is 15.6 Å². The van der Waals surface area contributed by atoms with Gasteiger partial charge in [0.1, 0.15) is 0 Å².